The summed E-state index contributed by atoms with van der Waals surface area (Å²) in [5, 5.41) is 29.1. The number of carboxylic acid groups (broad SMARTS) is 3. The Morgan fingerprint density at radius 2 is 1.18 bits per heavy atom. The van der Waals surface area contributed by atoms with Crippen molar-refractivity contribution in [1.29, 1.82) is 0 Å². The number of hydrogen-bond donors (Lipinski definition) is 3. The second-order valence-electron chi connectivity index (χ2n) is 9.85. The Labute approximate surface area is 229 Å². The first kappa shape index (κ1) is 29.1. The van der Waals surface area contributed by atoms with Crippen LogP contribution in [-0.4, -0.2) is 130 Å². The molecular weight excluding hydrogens is 522 g/mol. The van der Waals surface area contributed by atoms with Gasteiger partial charge >= 0.3 is 17.9 Å². The Kier molecular flexibility index (Phi) is 9.77. The third-order valence-electron chi connectivity index (χ3n) is 6.95. The monoisotopic (exact) mass is 555 g/mol. The molecular formula is C27H33N5O8. The number of aromatic nitrogens is 1. The van der Waals surface area contributed by atoms with Crippen molar-refractivity contribution in [2.75, 3.05) is 72.0 Å². The largest absolute Gasteiger partial charge is 0.480 e. The smallest absolute Gasteiger partial charge is 0.317 e. The Morgan fingerprint density at radius 1 is 0.700 bits per heavy atom. The lowest BCUT2D eigenvalue weighted by Crippen LogP contribution is -2.48. The number of fused-ring (bicyclic) bond motifs is 2. The van der Waals surface area contributed by atoms with Crippen LogP contribution < -0.4 is 5.43 Å². The number of hydrogen-bond acceptors (Lipinski definition) is 10. The van der Waals surface area contributed by atoms with E-state index in [9.17, 15) is 34.5 Å². The van der Waals surface area contributed by atoms with Crippen LogP contribution in [0.5, 0.6) is 0 Å². The number of benzene rings is 1. The van der Waals surface area contributed by atoms with Crippen molar-refractivity contribution in [3.8, 4) is 0 Å². The molecule has 40 heavy (non-hydrogen) atoms. The van der Waals surface area contributed by atoms with Gasteiger partial charge in [-0.3, -0.25) is 43.8 Å². The molecule has 1 aliphatic rings. The lowest BCUT2D eigenvalue weighted by atomic mass is 10.1. The molecule has 3 aromatic rings. The summed E-state index contributed by atoms with van der Waals surface area (Å²) in [6.07, 6.45) is 1.56. The molecule has 1 saturated heterocycles. The minimum absolute atomic E-state index is 0.152. The SMILES string of the molecule is O=C(O)CN1CCN(CC(=O)O)CCN(Cc2nccc3c(=O)c4ccccc4oc23)CCN(CC(=O)O)CC1. The first-order valence-electron chi connectivity index (χ1n) is 13.0. The Bertz CT molecular complexity index is 1400. The molecule has 0 unspecified atom stereocenters. The lowest BCUT2D eigenvalue weighted by Gasteiger charge is -2.33. The van der Waals surface area contributed by atoms with Crippen LogP contribution in [0, 0.1) is 0 Å². The third kappa shape index (κ3) is 7.82. The highest BCUT2D eigenvalue weighted by Crippen LogP contribution is 2.21. The van der Waals surface area contributed by atoms with E-state index in [-0.39, 0.29) is 25.1 Å². The maximum Gasteiger partial charge on any atom is 0.317 e. The molecule has 0 atom stereocenters. The number of nitrogens with zero attached hydrogens (tertiary/aromatic N) is 5. The normalized spacial score (nSPS) is 17.4. The van der Waals surface area contributed by atoms with E-state index in [0.29, 0.717) is 86.5 Å². The highest BCUT2D eigenvalue weighted by atomic mass is 16.4. The molecule has 3 N–H and O–H groups in total. The van der Waals surface area contributed by atoms with Gasteiger partial charge in [-0.05, 0) is 18.2 Å². The van der Waals surface area contributed by atoms with Gasteiger partial charge in [0.1, 0.15) is 5.58 Å². The van der Waals surface area contributed by atoms with Crippen LogP contribution in [0.3, 0.4) is 0 Å². The van der Waals surface area contributed by atoms with E-state index in [0.717, 1.165) is 0 Å². The maximum atomic E-state index is 13.1. The van der Waals surface area contributed by atoms with E-state index < -0.39 is 17.9 Å². The third-order valence-corrected chi connectivity index (χ3v) is 6.95. The first-order chi connectivity index (χ1) is 19.2. The van der Waals surface area contributed by atoms with Crippen molar-refractivity contribution in [2.45, 2.75) is 6.54 Å². The second kappa shape index (κ2) is 13.4. The fraction of sp³-hybridized carbons (Fsp3) is 0.444. The Hall–Kier alpha value is -3.91. The zero-order valence-electron chi connectivity index (χ0n) is 22.1. The van der Waals surface area contributed by atoms with Crippen molar-refractivity contribution in [3.05, 3.63) is 52.4 Å². The number of aliphatic carboxylic acids is 3. The van der Waals surface area contributed by atoms with E-state index in [1.54, 1.807) is 51.2 Å². The molecule has 1 aliphatic heterocycles. The standard InChI is InChI=1S/C27H33N5O8/c33-23(34)16-30-9-7-29(8-10-31(17-24(35)36)12-14-32(13-11-30)18-25(37)38)15-21-27-20(5-6-28-21)26(39)19-3-1-2-4-22(19)40-27/h1-6H,7-18H2,(H,33,34)(H,35,36)(H,37,38). The predicted octanol–water partition coefficient (Wildman–Crippen LogP) is 0.317. The number of para-hydroxylation sites is 1. The zero-order chi connectivity index (χ0) is 28.6. The molecule has 214 valence electrons. The van der Waals surface area contributed by atoms with Crippen LogP contribution in [0.25, 0.3) is 21.9 Å². The number of pyridine rings is 1. The average molecular weight is 556 g/mol. The molecule has 4 rings (SSSR count). The number of carboxylic acids is 3. The van der Waals surface area contributed by atoms with Crippen molar-refractivity contribution in [1.82, 2.24) is 24.6 Å². The predicted molar refractivity (Wildman–Crippen MR) is 145 cm³/mol. The van der Waals surface area contributed by atoms with Gasteiger partial charge in [0, 0.05) is 65.1 Å². The topological polar surface area (TPSA) is 168 Å². The van der Waals surface area contributed by atoms with Crippen molar-refractivity contribution in [3.63, 3.8) is 0 Å². The van der Waals surface area contributed by atoms with Crippen molar-refractivity contribution >= 4 is 39.8 Å². The molecule has 3 heterocycles. The fourth-order valence-corrected chi connectivity index (χ4v) is 4.89. The van der Waals surface area contributed by atoms with Crippen LogP contribution in [0.1, 0.15) is 5.69 Å². The summed E-state index contributed by atoms with van der Waals surface area (Å²) in [6, 6.07) is 8.62. The van der Waals surface area contributed by atoms with Crippen LogP contribution in [0.15, 0.2) is 45.7 Å². The van der Waals surface area contributed by atoms with Gasteiger partial charge in [-0.2, -0.15) is 0 Å². The van der Waals surface area contributed by atoms with E-state index >= 15 is 0 Å². The van der Waals surface area contributed by atoms with Gasteiger partial charge in [0.2, 0.25) is 5.43 Å². The quantitative estimate of drug-likeness (QED) is 0.325. The molecule has 13 heteroatoms. The van der Waals surface area contributed by atoms with Gasteiger partial charge < -0.3 is 19.7 Å². The molecule has 2 aromatic heterocycles. The van der Waals surface area contributed by atoms with Gasteiger partial charge in [-0.1, -0.05) is 12.1 Å². The van der Waals surface area contributed by atoms with E-state index in [2.05, 4.69) is 4.98 Å². The minimum Gasteiger partial charge on any atom is -0.480 e. The summed E-state index contributed by atoms with van der Waals surface area (Å²) >= 11 is 0. The van der Waals surface area contributed by atoms with E-state index in [1.807, 2.05) is 4.90 Å². The van der Waals surface area contributed by atoms with Gasteiger partial charge in [-0.15, -0.1) is 0 Å². The van der Waals surface area contributed by atoms with Crippen LogP contribution in [-0.2, 0) is 20.9 Å². The van der Waals surface area contributed by atoms with Crippen LogP contribution >= 0.6 is 0 Å². The highest BCUT2D eigenvalue weighted by Gasteiger charge is 2.21. The summed E-state index contributed by atoms with van der Waals surface area (Å²) in [7, 11) is 0. The molecule has 13 nitrogen and oxygen atoms in total. The van der Waals surface area contributed by atoms with Gasteiger partial charge in [-0.25, -0.2) is 0 Å². The van der Waals surface area contributed by atoms with E-state index in [4.69, 9.17) is 4.42 Å². The minimum atomic E-state index is -1.00. The molecule has 1 aromatic carbocycles. The van der Waals surface area contributed by atoms with E-state index in [1.165, 1.54) is 0 Å². The summed E-state index contributed by atoms with van der Waals surface area (Å²) in [5.41, 5.74) is 1.23. The van der Waals surface area contributed by atoms with Crippen LogP contribution in [0.2, 0.25) is 0 Å². The highest BCUT2D eigenvalue weighted by molar-refractivity contribution is 5.90. The lowest BCUT2D eigenvalue weighted by molar-refractivity contribution is -0.140. The van der Waals surface area contributed by atoms with Gasteiger partial charge in [0.25, 0.3) is 0 Å². The molecule has 0 amide bonds. The van der Waals surface area contributed by atoms with Gasteiger partial charge in [0.15, 0.2) is 5.58 Å². The Balaban J connectivity index is 1.61. The molecule has 0 spiro atoms. The zero-order valence-corrected chi connectivity index (χ0v) is 22.1. The second-order valence-corrected chi connectivity index (χ2v) is 9.85. The maximum absolute atomic E-state index is 13.1. The van der Waals surface area contributed by atoms with Gasteiger partial charge in [0.05, 0.1) is 36.1 Å². The molecule has 0 radical (unpaired) electrons. The molecule has 1 fully saturated rings. The summed E-state index contributed by atoms with van der Waals surface area (Å²) in [4.78, 5) is 59.3. The molecule has 0 aliphatic carbocycles. The number of rotatable bonds is 8. The molecule has 0 saturated carbocycles. The fourth-order valence-electron chi connectivity index (χ4n) is 4.89. The average Bonchev–Trinajstić information content (AvgIpc) is 2.90. The molecule has 0 bridgehead atoms. The number of carbonyl (C=O) groups is 3. The van der Waals surface area contributed by atoms with Crippen molar-refractivity contribution in [2.24, 2.45) is 0 Å². The summed E-state index contributed by atoms with van der Waals surface area (Å²) < 4.78 is 6.11. The first-order valence-corrected chi connectivity index (χ1v) is 13.0. The van der Waals surface area contributed by atoms with Crippen LogP contribution in [0.4, 0.5) is 0 Å². The Morgan fingerprint density at radius 3 is 1.68 bits per heavy atom. The summed E-state index contributed by atoms with van der Waals surface area (Å²) in [5.74, 6) is -2.98. The van der Waals surface area contributed by atoms with Crippen molar-refractivity contribution < 1.29 is 34.1 Å². The summed E-state index contributed by atoms with van der Waals surface area (Å²) in [6.45, 7) is 2.61.